The molecule has 0 fully saturated rings. The van der Waals surface area contributed by atoms with Gasteiger partial charge in [0.15, 0.2) is 5.58 Å². The van der Waals surface area contributed by atoms with Crippen molar-refractivity contribution in [3.8, 4) is 11.5 Å². The van der Waals surface area contributed by atoms with Crippen molar-refractivity contribution in [2.75, 3.05) is 11.5 Å². The zero-order valence-corrected chi connectivity index (χ0v) is 11.7. The quantitative estimate of drug-likeness (QED) is 0.652. The molecule has 3 rings (SSSR count). The maximum atomic E-state index is 13.1. The number of benzene rings is 2. The number of fused-ring (bicyclic) bond motifs is 1. The van der Waals surface area contributed by atoms with E-state index in [1.807, 2.05) is 0 Å². The zero-order chi connectivity index (χ0) is 16.1. The first-order chi connectivity index (χ1) is 10.3. The van der Waals surface area contributed by atoms with E-state index >= 15 is 0 Å². The summed E-state index contributed by atoms with van der Waals surface area (Å²) in [6, 6.07) is 6.25. The second-order valence-corrected chi connectivity index (χ2v) is 5.07. The largest absolute Gasteiger partial charge is 0.436 e. The van der Waals surface area contributed by atoms with Crippen molar-refractivity contribution >= 4 is 34.1 Å². The van der Waals surface area contributed by atoms with Gasteiger partial charge in [-0.25, -0.2) is 4.98 Å². The summed E-state index contributed by atoms with van der Waals surface area (Å²) in [5.74, 6) is -0.177. The highest BCUT2D eigenvalue weighted by atomic mass is 35.5. The summed E-state index contributed by atoms with van der Waals surface area (Å²) in [5.41, 5.74) is 10.8. The molecule has 22 heavy (non-hydrogen) atoms. The molecule has 114 valence electrons. The van der Waals surface area contributed by atoms with E-state index in [1.54, 1.807) is 0 Å². The summed E-state index contributed by atoms with van der Waals surface area (Å²) >= 11 is 5.86. The maximum Gasteiger partial charge on any atom is 0.417 e. The molecule has 0 aliphatic heterocycles. The van der Waals surface area contributed by atoms with Gasteiger partial charge in [0.1, 0.15) is 5.52 Å². The van der Waals surface area contributed by atoms with Crippen molar-refractivity contribution in [1.29, 1.82) is 0 Å². The molecule has 0 spiro atoms. The van der Waals surface area contributed by atoms with Gasteiger partial charge in [0.2, 0.25) is 5.89 Å². The second kappa shape index (κ2) is 4.81. The molecule has 4 N–H and O–H groups in total. The van der Waals surface area contributed by atoms with Gasteiger partial charge in [-0.2, -0.15) is 13.2 Å². The number of nitrogen functional groups attached to an aromatic ring is 2. The average molecular weight is 328 g/mol. The topological polar surface area (TPSA) is 78.1 Å². The van der Waals surface area contributed by atoms with Crippen molar-refractivity contribution in [3.05, 3.63) is 40.9 Å². The minimum atomic E-state index is -4.58. The number of nitrogens with zero attached hydrogens (tertiary/aromatic N) is 1. The van der Waals surface area contributed by atoms with Gasteiger partial charge < -0.3 is 15.9 Å². The number of nitrogens with two attached hydrogens (primary N) is 2. The summed E-state index contributed by atoms with van der Waals surface area (Å²) in [6.07, 6.45) is -4.58. The van der Waals surface area contributed by atoms with Crippen LogP contribution < -0.4 is 11.5 Å². The third kappa shape index (κ3) is 2.43. The zero-order valence-electron chi connectivity index (χ0n) is 10.9. The molecule has 0 radical (unpaired) electrons. The molecular weight excluding hydrogens is 319 g/mol. The van der Waals surface area contributed by atoms with E-state index in [-0.39, 0.29) is 33.4 Å². The maximum absolute atomic E-state index is 13.1. The molecule has 1 heterocycles. The Morgan fingerprint density at radius 2 is 1.82 bits per heavy atom. The van der Waals surface area contributed by atoms with E-state index < -0.39 is 11.7 Å². The fraction of sp³-hybridized carbons (Fsp3) is 0.0714. The minimum absolute atomic E-state index is 0.000486. The third-order valence-corrected chi connectivity index (χ3v) is 3.41. The van der Waals surface area contributed by atoms with Gasteiger partial charge in [-0.3, -0.25) is 0 Å². The summed E-state index contributed by atoms with van der Waals surface area (Å²) < 4.78 is 44.8. The van der Waals surface area contributed by atoms with Crippen LogP contribution in [0.2, 0.25) is 5.02 Å². The van der Waals surface area contributed by atoms with Gasteiger partial charge in [0.05, 0.1) is 16.3 Å². The highest BCUT2D eigenvalue weighted by Gasteiger charge is 2.35. The standard InChI is InChI=1S/C14H9ClF3N3O/c15-9-4-12-11(5-10(9)20)21-13(22-12)7-2-1-6(19)3-8(7)14(16,17)18/h1-5H,19-20H2. The van der Waals surface area contributed by atoms with Crippen molar-refractivity contribution in [2.24, 2.45) is 0 Å². The monoisotopic (exact) mass is 327 g/mol. The number of anilines is 2. The summed E-state index contributed by atoms with van der Waals surface area (Å²) in [4.78, 5) is 4.04. The predicted octanol–water partition coefficient (Wildman–Crippen LogP) is 4.33. The van der Waals surface area contributed by atoms with E-state index in [1.165, 1.54) is 24.3 Å². The van der Waals surface area contributed by atoms with Crippen molar-refractivity contribution in [3.63, 3.8) is 0 Å². The summed E-state index contributed by atoms with van der Waals surface area (Å²) in [5, 5.41) is 0.239. The molecule has 1 aromatic heterocycles. The van der Waals surface area contributed by atoms with Gasteiger partial charge in [-0.15, -0.1) is 0 Å². The third-order valence-electron chi connectivity index (χ3n) is 3.09. The van der Waals surface area contributed by atoms with Crippen molar-refractivity contribution < 1.29 is 17.6 Å². The van der Waals surface area contributed by atoms with Gasteiger partial charge >= 0.3 is 6.18 Å². The molecule has 0 atom stereocenters. The van der Waals surface area contributed by atoms with Crippen molar-refractivity contribution in [1.82, 2.24) is 4.98 Å². The Bertz CT molecular complexity index is 835. The fourth-order valence-corrected chi connectivity index (χ4v) is 2.22. The van der Waals surface area contributed by atoms with Gasteiger partial charge in [0, 0.05) is 17.3 Å². The Balaban J connectivity index is 2.23. The van der Waals surface area contributed by atoms with Crippen LogP contribution in [0, 0.1) is 0 Å². The Morgan fingerprint density at radius 3 is 2.50 bits per heavy atom. The smallest absolute Gasteiger partial charge is 0.417 e. The lowest BCUT2D eigenvalue weighted by Gasteiger charge is -2.11. The molecule has 0 unspecified atom stereocenters. The van der Waals surface area contributed by atoms with Crippen LogP contribution in [0.1, 0.15) is 5.56 Å². The Kier molecular flexibility index (Phi) is 3.17. The number of hydrogen-bond donors (Lipinski definition) is 2. The van der Waals surface area contributed by atoms with Crippen LogP contribution in [0.25, 0.3) is 22.6 Å². The molecule has 4 nitrogen and oxygen atoms in total. The first kappa shape index (κ1) is 14.5. The summed E-state index contributed by atoms with van der Waals surface area (Å²) in [6.45, 7) is 0. The number of oxazole rings is 1. The lowest BCUT2D eigenvalue weighted by molar-refractivity contribution is -0.137. The molecule has 0 saturated carbocycles. The minimum Gasteiger partial charge on any atom is -0.436 e. The number of aromatic nitrogens is 1. The second-order valence-electron chi connectivity index (χ2n) is 4.66. The first-order valence-corrected chi connectivity index (χ1v) is 6.46. The number of hydrogen-bond acceptors (Lipinski definition) is 4. The Hall–Kier alpha value is -2.41. The lowest BCUT2D eigenvalue weighted by Crippen LogP contribution is -2.08. The van der Waals surface area contributed by atoms with E-state index in [2.05, 4.69) is 4.98 Å². The number of halogens is 4. The number of alkyl halides is 3. The Morgan fingerprint density at radius 1 is 1.09 bits per heavy atom. The molecular formula is C14H9ClF3N3O. The molecule has 0 saturated heterocycles. The molecule has 8 heteroatoms. The molecule has 0 amide bonds. The van der Waals surface area contributed by atoms with Crippen LogP contribution in [-0.2, 0) is 6.18 Å². The average Bonchev–Trinajstić information content (AvgIpc) is 2.81. The normalized spacial score (nSPS) is 12.0. The molecule has 0 aliphatic rings. The van der Waals surface area contributed by atoms with Crippen LogP contribution in [0.3, 0.4) is 0 Å². The van der Waals surface area contributed by atoms with Crippen LogP contribution in [0.15, 0.2) is 34.7 Å². The highest BCUT2D eigenvalue weighted by molar-refractivity contribution is 6.33. The van der Waals surface area contributed by atoms with Crippen LogP contribution in [-0.4, -0.2) is 4.98 Å². The molecule has 0 bridgehead atoms. The van der Waals surface area contributed by atoms with Gasteiger partial charge in [0.25, 0.3) is 0 Å². The van der Waals surface area contributed by atoms with Gasteiger partial charge in [-0.1, -0.05) is 11.6 Å². The lowest BCUT2D eigenvalue weighted by atomic mass is 10.1. The predicted molar refractivity (Wildman–Crippen MR) is 78.3 cm³/mol. The summed E-state index contributed by atoms with van der Waals surface area (Å²) in [7, 11) is 0. The number of rotatable bonds is 1. The van der Waals surface area contributed by atoms with Crippen LogP contribution >= 0.6 is 11.6 Å². The van der Waals surface area contributed by atoms with E-state index in [4.69, 9.17) is 27.5 Å². The van der Waals surface area contributed by atoms with Crippen LogP contribution in [0.5, 0.6) is 0 Å². The van der Waals surface area contributed by atoms with Crippen molar-refractivity contribution in [2.45, 2.75) is 6.18 Å². The molecule has 0 aliphatic carbocycles. The van der Waals surface area contributed by atoms with E-state index in [0.29, 0.717) is 5.52 Å². The van der Waals surface area contributed by atoms with E-state index in [9.17, 15) is 13.2 Å². The SMILES string of the molecule is Nc1ccc(-c2nc3cc(N)c(Cl)cc3o2)c(C(F)(F)F)c1. The highest BCUT2D eigenvalue weighted by Crippen LogP contribution is 2.39. The Labute approximate surface area is 127 Å². The molecule has 2 aromatic carbocycles. The fourth-order valence-electron chi connectivity index (χ4n) is 2.06. The first-order valence-electron chi connectivity index (χ1n) is 6.08. The van der Waals surface area contributed by atoms with Gasteiger partial charge in [-0.05, 0) is 24.3 Å². The van der Waals surface area contributed by atoms with E-state index in [0.717, 1.165) is 6.07 Å². The van der Waals surface area contributed by atoms with Crippen LogP contribution in [0.4, 0.5) is 24.5 Å². The molecule has 3 aromatic rings.